The summed E-state index contributed by atoms with van der Waals surface area (Å²) >= 11 is 6.13. The van der Waals surface area contributed by atoms with Crippen molar-refractivity contribution in [2.75, 3.05) is 13.1 Å². The zero-order valence-electron chi connectivity index (χ0n) is 14.3. The smallest absolute Gasteiger partial charge is 0.321 e. The highest BCUT2D eigenvalue weighted by molar-refractivity contribution is 7.89. The number of pyridine rings is 1. The zero-order chi connectivity index (χ0) is 19.7. The van der Waals surface area contributed by atoms with Gasteiger partial charge in [-0.3, -0.25) is 9.36 Å². The van der Waals surface area contributed by atoms with Crippen LogP contribution in [0.4, 0.5) is 0 Å². The molecule has 1 aromatic heterocycles. The number of hydrogen-bond donors (Lipinski definition) is 3. The zero-order valence-corrected chi connectivity index (χ0v) is 16.7. The average molecular weight is 423 g/mol. The number of rotatable bonds is 7. The molecule has 0 unspecified atom stereocenters. The van der Waals surface area contributed by atoms with Gasteiger partial charge in [-0.15, -0.1) is 0 Å². The van der Waals surface area contributed by atoms with Crippen LogP contribution in [0.3, 0.4) is 0 Å². The lowest BCUT2D eigenvalue weighted by atomic mass is 10.2. The highest BCUT2D eigenvalue weighted by Crippen LogP contribution is 2.34. The van der Waals surface area contributed by atoms with E-state index in [1.54, 1.807) is 0 Å². The molecule has 1 heterocycles. The maximum atomic E-state index is 12.9. The largest absolute Gasteiger partial charge is 0.361 e. The molecule has 0 aliphatic rings. The molecular weight excluding hydrogens is 403 g/mol. The molecule has 0 saturated heterocycles. The molecule has 0 bridgehead atoms. The van der Waals surface area contributed by atoms with Crippen LogP contribution in [-0.4, -0.2) is 40.6 Å². The fourth-order valence-corrected chi connectivity index (χ4v) is 5.39. The molecule has 0 atom stereocenters. The summed E-state index contributed by atoms with van der Waals surface area (Å²) in [4.78, 5) is 32.5. The van der Waals surface area contributed by atoms with Gasteiger partial charge in [-0.1, -0.05) is 25.4 Å². The Morgan fingerprint density at radius 3 is 2.23 bits per heavy atom. The number of H-pyrrole nitrogens is 1. The highest BCUT2D eigenvalue weighted by atomic mass is 35.5. The number of nitrogens with zero attached hydrogens (tertiary/aromatic N) is 1. The molecule has 0 radical (unpaired) electrons. The van der Waals surface area contributed by atoms with Gasteiger partial charge in [-0.05, 0) is 31.0 Å². The van der Waals surface area contributed by atoms with E-state index in [2.05, 4.69) is 4.98 Å². The van der Waals surface area contributed by atoms with Gasteiger partial charge >= 0.3 is 7.60 Å². The van der Waals surface area contributed by atoms with Gasteiger partial charge in [0.1, 0.15) is 10.2 Å². The third-order valence-corrected chi connectivity index (χ3v) is 7.08. The Morgan fingerprint density at radius 1 is 1.15 bits per heavy atom. The Kier molecular flexibility index (Phi) is 6.32. The van der Waals surface area contributed by atoms with Gasteiger partial charge in [0.05, 0.1) is 5.02 Å². The van der Waals surface area contributed by atoms with Gasteiger partial charge in [0.25, 0.3) is 5.56 Å². The standard InChI is InChI=1S/C15H20ClN2O6PS/c1-3-5-18(6-4-2)26(23,24)14-8-10-7-13(25(20,21)22)15(19)17-12(10)9-11(14)16/h7-9H,3-6H2,1-2H3,(H,17,19)(H2,20,21,22). The van der Waals surface area contributed by atoms with E-state index in [0.29, 0.717) is 25.9 Å². The third-order valence-electron chi connectivity index (χ3n) is 3.75. The predicted molar refractivity (Wildman–Crippen MR) is 101 cm³/mol. The number of fused-ring (bicyclic) bond motifs is 1. The molecule has 1 aromatic carbocycles. The lowest BCUT2D eigenvalue weighted by Gasteiger charge is -2.22. The summed E-state index contributed by atoms with van der Waals surface area (Å²) in [5.41, 5.74) is -0.759. The van der Waals surface area contributed by atoms with Crippen LogP contribution >= 0.6 is 19.2 Å². The fourth-order valence-electron chi connectivity index (χ4n) is 2.60. The van der Waals surface area contributed by atoms with Crippen molar-refractivity contribution in [3.63, 3.8) is 0 Å². The highest BCUT2D eigenvalue weighted by Gasteiger charge is 2.27. The number of aromatic amines is 1. The average Bonchev–Trinajstić information content (AvgIpc) is 2.52. The van der Waals surface area contributed by atoms with E-state index in [0.717, 1.165) is 6.07 Å². The van der Waals surface area contributed by atoms with Crippen molar-refractivity contribution in [1.82, 2.24) is 9.29 Å². The molecule has 0 aliphatic carbocycles. The molecule has 0 aliphatic heterocycles. The second-order valence-electron chi connectivity index (χ2n) is 5.80. The molecule has 11 heteroatoms. The second-order valence-corrected chi connectivity index (χ2v) is 9.69. The van der Waals surface area contributed by atoms with Crippen LogP contribution in [0, 0.1) is 0 Å². The van der Waals surface area contributed by atoms with Crippen molar-refractivity contribution in [2.45, 2.75) is 31.6 Å². The van der Waals surface area contributed by atoms with E-state index in [1.807, 2.05) is 13.8 Å². The summed E-state index contributed by atoms with van der Waals surface area (Å²) in [6.07, 6.45) is 1.25. The van der Waals surface area contributed by atoms with Crippen LogP contribution in [-0.2, 0) is 14.6 Å². The number of sulfonamides is 1. The van der Waals surface area contributed by atoms with E-state index >= 15 is 0 Å². The number of halogens is 1. The number of benzene rings is 1. The van der Waals surface area contributed by atoms with Gasteiger partial charge in [-0.25, -0.2) is 8.42 Å². The van der Waals surface area contributed by atoms with Gasteiger partial charge in [-0.2, -0.15) is 4.31 Å². The van der Waals surface area contributed by atoms with E-state index in [-0.39, 0.29) is 20.8 Å². The van der Waals surface area contributed by atoms with Crippen molar-refractivity contribution in [3.05, 3.63) is 33.6 Å². The first kappa shape index (κ1) is 21.1. The maximum Gasteiger partial charge on any atom is 0.361 e. The lowest BCUT2D eigenvalue weighted by Crippen LogP contribution is -2.33. The number of aromatic nitrogens is 1. The fraction of sp³-hybridized carbons (Fsp3) is 0.400. The first-order valence-electron chi connectivity index (χ1n) is 7.95. The SMILES string of the molecule is CCCN(CCC)S(=O)(=O)c1cc2cc(P(=O)(O)O)c(=O)[nH]c2cc1Cl. The number of hydrogen-bond acceptors (Lipinski definition) is 4. The topological polar surface area (TPSA) is 128 Å². The Balaban J connectivity index is 2.72. The molecule has 2 rings (SSSR count). The van der Waals surface area contributed by atoms with E-state index < -0.39 is 28.5 Å². The van der Waals surface area contributed by atoms with E-state index in [1.165, 1.54) is 16.4 Å². The van der Waals surface area contributed by atoms with Crippen molar-refractivity contribution in [3.8, 4) is 0 Å². The summed E-state index contributed by atoms with van der Waals surface area (Å²) in [5, 5.41) is -0.636. The quantitative estimate of drug-likeness (QED) is 0.584. The molecule has 26 heavy (non-hydrogen) atoms. The minimum Gasteiger partial charge on any atom is -0.321 e. The summed E-state index contributed by atoms with van der Waals surface area (Å²) < 4.78 is 38.6. The molecule has 0 saturated carbocycles. The summed E-state index contributed by atoms with van der Waals surface area (Å²) in [5.74, 6) is 0. The molecule has 144 valence electrons. The first-order valence-corrected chi connectivity index (χ1v) is 11.4. The molecule has 3 N–H and O–H groups in total. The monoisotopic (exact) mass is 422 g/mol. The van der Waals surface area contributed by atoms with Gasteiger partial charge in [0.2, 0.25) is 10.0 Å². The van der Waals surface area contributed by atoms with Crippen LogP contribution in [0.2, 0.25) is 5.02 Å². The lowest BCUT2D eigenvalue weighted by molar-refractivity contribution is 0.387. The first-order chi connectivity index (χ1) is 12.0. The van der Waals surface area contributed by atoms with Crippen LogP contribution in [0.25, 0.3) is 10.9 Å². The molecule has 0 spiro atoms. The van der Waals surface area contributed by atoms with Crippen molar-refractivity contribution in [1.29, 1.82) is 0 Å². The van der Waals surface area contributed by atoms with Crippen LogP contribution in [0.1, 0.15) is 26.7 Å². The molecular formula is C15H20ClN2O6PS. The number of nitrogens with one attached hydrogen (secondary N) is 1. The normalized spacial score (nSPS) is 12.8. The van der Waals surface area contributed by atoms with E-state index in [4.69, 9.17) is 11.6 Å². The van der Waals surface area contributed by atoms with Gasteiger partial charge in [0, 0.05) is 24.0 Å². The van der Waals surface area contributed by atoms with Crippen LogP contribution < -0.4 is 10.9 Å². The Morgan fingerprint density at radius 2 is 1.73 bits per heavy atom. The minimum atomic E-state index is -4.80. The minimum absolute atomic E-state index is 0.0747. The van der Waals surface area contributed by atoms with Crippen molar-refractivity contribution in [2.24, 2.45) is 0 Å². The van der Waals surface area contributed by atoms with Gasteiger partial charge in [0.15, 0.2) is 0 Å². The van der Waals surface area contributed by atoms with Crippen LogP contribution in [0.5, 0.6) is 0 Å². The summed E-state index contributed by atoms with van der Waals surface area (Å²) in [7, 11) is -8.70. The molecule has 0 amide bonds. The van der Waals surface area contributed by atoms with Gasteiger partial charge < -0.3 is 14.8 Å². The van der Waals surface area contributed by atoms with Crippen LogP contribution in [0.15, 0.2) is 27.9 Å². The summed E-state index contributed by atoms with van der Waals surface area (Å²) in [6.45, 7) is 4.36. The maximum absolute atomic E-state index is 12.9. The summed E-state index contributed by atoms with van der Waals surface area (Å²) in [6, 6.07) is 3.49. The third kappa shape index (κ3) is 4.19. The Hall–Kier alpha value is -1.22. The molecule has 2 aromatic rings. The Labute approximate surface area is 156 Å². The Bertz CT molecular complexity index is 1020. The second kappa shape index (κ2) is 7.80. The van der Waals surface area contributed by atoms with Crippen molar-refractivity contribution >= 4 is 45.4 Å². The van der Waals surface area contributed by atoms with Crippen molar-refractivity contribution < 1.29 is 22.8 Å². The molecule has 8 nitrogen and oxygen atoms in total. The predicted octanol–water partition coefficient (Wildman–Crippen LogP) is 1.80. The van der Waals surface area contributed by atoms with E-state index in [9.17, 15) is 27.6 Å². The molecule has 0 fully saturated rings.